The molecule has 0 saturated heterocycles. The Balaban J connectivity index is 1.66. The molecular formula is C23H25ClN2OS. The number of nitrogens with zero attached hydrogens (tertiary/aromatic N) is 1. The number of carbonyl (C=O) groups is 1. The molecule has 0 radical (unpaired) electrons. The van der Waals surface area contributed by atoms with E-state index in [1.165, 1.54) is 12.8 Å². The summed E-state index contributed by atoms with van der Waals surface area (Å²) in [4.78, 5) is 17.7. The maximum Gasteiger partial charge on any atom is 0.274 e. The van der Waals surface area contributed by atoms with Gasteiger partial charge in [0.2, 0.25) is 0 Å². The first kappa shape index (κ1) is 19.5. The number of rotatable bonds is 2. The van der Waals surface area contributed by atoms with Crippen molar-refractivity contribution in [2.24, 2.45) is 22.6 Å². The molecule has 1 aromatic rings. The Kier molecular flexibility index (Phi) is 6.07. The molecule has 2 aliphatic carbocycles. The van der Waals surface area contributed by atoms with Gasteiger partial charge < -0.3 is 5.73 Å². The van der Waals surface area contributed by atoms with Gasteiger partial charge in [-0.15, -0.1) is 11.8 Å². The van der Waals surface area contributed by atoms with Gasteiger partial charge >= 0.3 is 0 Å². The Morgan fingerprint density at radius 1 is 1.21 bits per heavy atom. The van der Waals surface area contributed by atoms with Crippen molar-refractivity contribution in [2.45, 2.75) is 44.3 Å². The van der Waals surface area contributed by atoms with E-state index in [1.54, 1.807) is 18.0 Å². The van der Waals surface area contributed by atoms with E-state index in [4.69, 9.17) is 17.3 Å². The van der Waals surface area contributed by atoms with Gasteiger partial charge in [0, 0.05) is 28.5 Å². The Bertz CT molecular complexity index is 900. The maximum absolute atomic E-state index is 13.1. The van der Waals surface area contributed by atoms with Crippen molar-refractivity contribution in [3.8, 4) is 0 Å². The molecule has 1 amide bonds. The third kappa shape index (κ3) is 3.85. The second-order valence-corrected chi connectivity index (χ2v) is 8.99. The van der Waals surface area contributed by atoms with Gasteiger partial charge in [-0.3, -0.25) is 4.79 Å². The molecule has 0 aromatic heterocycles. The van der Waals surface area contributed by atoms with Crippen LogP contribution in [0, 0.1) is 11.8 Å². The normalized spacial score (nSPS) is 29.0. The molecule has 1 aromatic carbocycles. The van der Waals surface area contributed by atoms with Gasteiger partial charge in [0.05, 0.1) is 5.04 Å². The summed E-state index contributed by atoms with van der Waals surface area (Å²) < 4.78 is 0. The number of hydrogen-bond donors (Lipinski definition) is 1. The molecule has 3 aliphatic rings. The Morgan fingerprint density at radius 3 is 2.79 bits per heavy atom. The quantitative estimate of drug-likeness (QED) is 0.623. The number of benzene rings is 1. The van der Waals surface area contributed by atoms with Crippen molar-refractivity contribution in [1.82, 2.24) is 0 Å². The van der Waals surface area contributed by atoms with E-state index < -0.39 is 0 Å². The molecule has 3 nitrogen and oxygen atoms in total. The van der Waals surface area contributed by atoms with E-state index in [-0.39, 0.29) is 11.8 Å². The largest absolute Gasteiger partial charge is 0.404 e. The molecule has 1 fully saturated rings. The highest BCUT2D eigenvalue weighted by molar-refractivity contribution is 8.13. The summed E-state index contributed by atoms with van der Waals surface area (Å²) in [5.41, 5.74) is 9.97. The van der Waals surface area contributed by atoms with E-state index in [1.807, 2.05) is 30.3 Å². The third-order valence-electron chi connectivity index (χ3n) is 5.94. The Morgan fingerprint density at radius 2 is 2.00 bits per heavy atom. The molecule has 5 heteroatoms. The predicted octanol–water partition coefficient (Wildman–Crippen LogP) is 5.81. The van der Waals surface area contributed by atoms with E-state index >= 15 is 0 Å². The fourth-order valence-corrected chi connectivity index (χ4v) is 6.04. The van der Waals surface area contributed by atoms with Crippen molar-refractivity contribution in [2.75, 3.05) is 0 Å². The summed E-state index contributed by atoms with van der Waals surface area (Å²) in [6, 6.07) is 7.89. The van der Waals surface area contributed by atoms with Crippen LogP contribution < -0.4 is 5.73 Å². The number of halogens is 1. The van der Waals surface area contributed by atoms with E-state index in [2.05, 4.69) is 11.1 Å². The van der Waals surface area contributed by atoms with Crippen molar-refractivity contribution in [3.05, 3.63) is 69.9 Å². The molecule has 1 aliphatic heterocycles. The number of aliphatic imine (C=N–C) groups is 1. The van der Waals surface area contributed by atoms with Crippen LogP contribution >= 0.6 is 23.4 Å². The smallest absolute Gasteiger partial charge is 0.274 e. The van der Waals surface area contributed by atoms with Crippen LogP contribution in [0.3, 0.4) is 0 Å². The minimum atomic E-state index is -0.0607. The lowest BCUT2D eigenvalue weighted by Crippen LogP contribution is -2.35. The highest BCUT2D eigenvalue weighted by Gasteiger charge is 2.40. The van der Waals surface area contributed by atoms with Gasteiger partial charge in [-0.1, -0.05) is 54.8 Å². The molecule has 4 rings (SSSR count). The highest BCUT2D eigenvalue weighted by atomic mass is 35.5. The topological polar surface area (TPSA) is 55.5 Å². The van der Waals surface area contributed by atoms with Gasteiger partial charge in [0.25, 0.3) is 5.91 Å². The lowest BCUT2D eigenvalue weighted by Gasteiger charge is -2.37. The average Bonchev–Trinajstić information content (AvgIpc) is 2.73. The van der Waals surface area contributed by atoms with Crippen molar-refractivity contribution in [1.29, 1.82) is 0 Å². The van der Waals surface area contributed by atoms with Crippen LogP contribution in [0.1, 0.15) is 44.1 Å². The number of allylic oxidation sites excluding steroid dienone is 4. The van der Waals surface area contributed by atoms with Crippen molar-refractivity contribution < 1.29 is 4.79 Å². The first-order valence-electron chi connectivity index (χ1n) is 10.00. The molecule has 146 valence electrons. The SMILES string of the molecule is N/C=C1\C=CCC\C1=C1\C(=O)N=C(SCc2ccccc2Cl)C2CCCCC12. The van der Waals surface area contributed by atoms with E-state index in [0.29, 0.717) is 5.92 Å². The molecule has 2 N–H and O–H groups in total. The number of amides is 1. The van der Waals surface area contributed by atoms with Crippen LogP contribution in [-0.4, -0.2) is 11.0 Å². The molecule has 2 unspecified atom stereocenters. The van der Waals surface area contributed by atoms with E-state index in [0.717, 1.165) is 63.8 Å². The van der Waals surface area contributed by atoms with Crippen LogP contribution in [0.25, 0.3) is 0 Å². The lowest BCUT2D eigenvalue weighted by atomic mass is 9.71. The summed E-state index contributed by atoms with van der Waals surface area (Å²) in [6.45, 7) is 0. The zero-order valence-corrected chi connectivity index (χ0v) is 17.4. The molecule has 0 spiro atoms. The minimum absolute atomic E-state index is 0.0607. The lowest BCUT2D eigenvalue weighted by molar-refractivity contribution is -0.115. The molecule has 1 saturated carbocycles. The second-order valence-electron chi connectivity index (χ2n) is 7.59. The monoisotopic (exact) mass is 412 g/mol. The fourth-order valence-electron chi connectivity index (χ4n) is 4.56. The standard InChI is InChI=1S/C23H25ClN2OS/c24-20-12-6-2-8-16(20)14-28-23-19-11-5-4-10-18(19)21(22(27)26-23)17-9-3-1-7-15(17)13-25/h1-2,6-8,12-13,18-19H,3-5,9-11,14,25H2/b15-13+,21-17-. The zero-order chi connectivity index (χ0) is 19.5. The first-order valence-corrected chi connectivity index (χ1v) is 11.4. The van der Waals surface area contributed by atoms with Gasteiger partial charge in [0.15, 0.2) is 0 Å². The number of carbonyl (C=O) groups excluding carboxylic acids is 1. The Labute approximate surface area is 175 Å². The maximum atomic E-state index is 13.1. The highest BCUT2D eigenvalue weighted by Crippen LogP contribution is 2.45. The molecular weight excluding hydrogens is 388 g/mol. The predicted molar refractivity (Wildman–Crippen MR) is 118 cm³/mol. The van der Waals surface area contributed by atoms with Crippen LogP contribution in [0.15, 0.2) is 64.3 Å². The number of thioether (sulfide) groups is 1. The molecule has 2 atom stereocenters. The summed E-state index contributed by atoms with van der Waals surface area (Å²) in [6.07, 6.45) is 12.2. The van der Waals surface area contributed by atoms with Crippen LogP contribution in [0.2, 0.25) is 5.02 Å². The van der Waals surface area contributed by atoms with Crippen LogP contribution in [-0.2, 0) is 10.5 Å². The van der Waals surface area contributed by atoms with E-state index in [9.17, 15) is 4.79 Å². The number of fused-ring (bicyclic) bond motifs is 1. The van der Waals surface area contributed by atoms with Gasteiger partial charge in [0.1, 0.15) is 0 Å². The van der Waals surface area contributed by atoms with Crippen LogP contribution in [0.4, 0.5) is 0 Å². The van der Waals surface area contributed by atoms with Crippen molar-refractivity contribution >= 4 is 34.3 Å². The Hall–Kier alpha value is -1.78. The fraction of sp³-hybridized carbons (Fsp3) is 0.391. The summed E-state index contributed by atoms with van der Waals surface area (Å²) in [7, 11) is 0. The van der Waals surface area contributed by atoms with Gasteiger partial charge in [-0.05, 0) is 54.4 Å². The zero-order valence-electron chi connectivity index (χ0n) is 15.9. The first-order chi connectivity index (χ1) is 13.7. The molecule has 28 heavy (non-hydrogen) atoms. The summed E-state index contributed by atoms with van der Waals surface area (Å²) in [5.74, 6) is 1.29. The second kappa shape index (κ2) is 8.71. The average molecular weight is 413 g/mol. The minimum Gasteiger partial charge on any atom is -0.404 e. The van der Waals surface area contributed by atoms with Gasteiger partial charge in [-0.25, -0.2) is 4.99 Å². The summed E-state index contributed by atoms with van der Waals surface area (Å²) in [5, 5.41) is 1.76. The number of nitrogens with two attached hydrogens (primary N) is 1. The number of hydrogen-bond acceptors (Lipinski definition) is 3. The van der Waals surface area contributed by atoms with Crippen LogP contribution in [0.5, 0.6) is 0 Å². The van der Waals surface area contributed by atoms with Crippen molar-refractivity contribution in [3.63, 3.8) is 0 Å². The summed E-state index contributed by atoms with van der Waals surface area (Å²) >= 11 is 7.99. The molecule has 0 bridgehead atoms. The third-order valence-corrected chi connectivity index (χ3v) is 7.45. The van der Waals surface area contributed by atoms with Gasteiger partial charge in [-0.2, -0.15) is 0 Å². The molecule has 1 heterocycles.